The molecule has 0 spiro atoms. The fraction of sp³-hybridized carbons (Fsp3) is 0.571. The third kappa shape index (κ3) is 7.42. The van der Waals surface area contributed by atoms with Gasteiger partial charge in [-0.05, 0) is 68.2 Å². The van der Waals surface area contributed by atoms with Crippen molar-refractivity contribution in [2.75, 3.05) is 0 Å². The van der Waals surface area contributed by atoms with Crippen molar-refractivity contribution in [1.29, 1.82) is 0 Å². The lowest BCUT2D eigenvalue weighted by molar-refractivity contribution is 0.405. The van der Waals surface area contributed by atoms with E-state index in [-0.39, 0.29) is 21.7 Å². The van der Waals surface area contributed by atoms with Crippen LogP contribution in [0, 0.1) is 0 Å². The van der Waals surface area contributed by atoms with Crippen LogP contribution in [0.1, 0.15) is 105 Å². The predicted molar refractivity (Wildman–Crippen MR) is 156 cm³/mol. The Hall–Kier alpha value is -0.178. The SMILES string of the molecule is CC(C)(C)c1cc(Br)cc(C(C)(C)C)c1[O][Al]([Cl])[O]c1c(C(C)(C)C)cc(Br)cc1C(C)(C)C. The highest BCUT2D eigenvalue weighted by Crippen LogP contribution is 2.44. The largest absolute Gasteiger partial charge is 0.999 e. The molecule has 2 aromatic carbocycles. The second-order valence-electron chi connectivity index (χ2n) is 13.2. The zero-order valence-corrected chi connectivity index (χ0v) is 27.9. The molecule has 0 unspecified atom stereocenters. The van der Waals surface area contributed by atoms with E-state index in [0.29, 0.717) is 0 Å². The van der Waals surface area contributed by atoms with E-state index in [9.17, 15) is 0 Å². The summed E-state index contributed by atoms with van der Waals surface area (Å²) < 4.78 is 15.3. The molecule has 0 aromatic heterocycles. The van der Waals surface area contributed by atoms with Crippen LogP contribution in [-0.4, -0.2) is 13.9 Å². The molecule has 0 radical (unpaired) electrons. The van der Waals surface area contributed by atoms with Crippen LogP contribution >= 0.6 is 41.9 Å². The van der Waals surface area contributed by atoms with E-state index in [1.165, 1.54) is 0 Å². The van der Waals surface area contributed by atoms with Gasteiger partial charge in [0.15, 0.2) is 0 Å². The minimum Gasteiger partial charge on any atom is -0.599 e. The third-order valence-electron chi connectivity index (χ3n) is 5.76. The van der Waals surface area contributed by atoms with E-state index >= 15 is 0 Å². The van der Waals surface area contributed by atoms with Gasteiger partial charge in [0.1, 0.15) is 0 Å². The lowest BCUT2D eigenvalue weighted by Gasteiger charge is -2.33. The minimum atomic E-state index is -2.64. The van der Waals surface area contributed by atoms with Gasteiger partial charge in [0, 0.05) is 8.95 Å². The van der Waals surface area contributed by atoms with Gasteiger partial charge in [-0.15, -0.1) is 0 Å². The van der Waals surface area contributed by atoms with Crippen molar-refractivity contribution in [2.45, 2.75) is 105 Å². The maximum absolute atomic E-state index is 6.99. The van der Waals surface area contributed by atoms with Crippen molar-refractivity contribution >= 4 is 55.8 Å². The van der Waals surface area contributed by atoms with Crippen LogP contribution in [0.25, 0.3) is 0 Å². The average Bonchev–Trinajstić information content (AvgIpc) is 2.60. The number of halogens is 3. The maximum Gasteiger partial charge on any atom is 0.999 e. The smallest absolute Gasteiger partial charge is 0.599 e. The Morgan fingerprint density at radius 2 is 0.735 bits per heavy atom. The second-order valence-corrected chi connectivity index (χ2v) is 17.1. The summed E-state index contributed by atoms with van der Waals surface area (Å²) in [5.74, 6) is 1.70. The first-order valence-corrected chi connectivity index (χ1v) is 16.1. The molecular formula is C28H40AlBr2ClO2. The highest BCUT2D eigenvalue weighted by atomic mass is 79.9. The molecule has 6 heteroatoms. The van der Waals surface area contributed by atoms with Crippen LogP contribution < -0.4 is 7.58 Å². The van der Waals surface area contributed by atoms with Crippen LogP contribution in [0.2, 0.25) is 0 Å². The van der Waals surface area contributed by atoms with E-state index in [4.69, 9.17) is 17.6 Å². The van der Waals surface area contributed by atoms with Crippen LogP contribution in [-0.2, 0) is 21.7 Å². The molecule has 0 saturated carbocycles. The van der Waals surface area contributed by atoms with Crippen LogP contribution in [0.15, 0.2) is 33.2 Å². The van der Waals surface area contributed by atoms with E-state index in [2.05, 4.69) is 139 Å². The molecule has 2 rings (SSSR count). The Kier molecular flexibility index (Phi) is 9.10. The van der Waals surface area contributed by atoms with Gasteiger partial charge < -0.3 is 7.58 Å². The number of benzene rings is 2. The second kappa shape index (κ2) is 10.3. The van der Waals surface area contributed by atoms with Crippen LogP contribution in [0.5, 0.6) is 11.5 Å². The Labute approximate surface area is 233 Å². The lowest BCUT2D eigenvalue weighted by Crippen LogP contribution is -2.30. The lowest BCUT2D eigenvalue weighted by atomic mass is 9.79. The van der Waals surface area contributed by atoms with Gasteiger partial charge in [0.25, 0.3) is 0 Å². The molecule has 188 valence electrons. The Balaban J connectivity index is 2.65. The summed E-state index contributed by atoms with van der Waals surface area (Å²) in [4.78, 5) is 0. The predicted octanol–water partition coefficient (Wildman–Crippen LogP) is 10.1. The number of rotatable bonds is 4. The molecule has 0 N–H and O–H groups in total. The monoisotopic (exact) mass is 628 g/mol. The van der Waals surface area contributed by atoms with Gasteiger partial charge in [-0.3, -0.25) is 0 Å². The summed E-state index contributed by atoms with van der Waals surface area (Å²) >= 11 is 4.77. The average molecular weight is 631 g/mol. The maximum atomic E-state index is 6.99. The van der Waals surface area contributed by atoms with Crippen molar-refractivity contribution in [3.63, 3.8) is 0 Å². The van der Waals surface area contributed by atoms with Gasteiger partial charge >= 0.3 is 13.9 Å². The quantitative estimate of drug-likeness (QED) is 0.313. The molecular weight excluding hydrogens is 591 g/mol. The van der Waals surface area contributed by atoms with E-state index in [1.807, 2.05) is 0 Å². The topological polar surface area (TPSA) is 18.5 Å². The summed E-state index contributed by atoms with van der Waals surface area (Å²) in [6, 6.07) is 8.57. The molecule has 0 aliphatic rings. The number of hydrogen-bond acceptors (Lipinski definition) is 2. The van der Waals surface area contributed by atoms with E-state index < -0.39 is 13.9 Å². The zero-order valence-electron chi connectivity index (χ0n) is 22.8. The number of hydrogen-bond donors (Lipinski definition) is 0. The van der Waals surface area contributed by atoms with Gasteiger partial charge in [0.05, 0.1) is 11.5 Å². The molecule has 0 heterocycles. The van der Waals surface area contributed by atoms with Crippen molar-refractivity contribution in [3.05, 3.63) is 55.5 Å². The summed E-state index contributed by atoms with van der Waals surface area (Å²) in [5, 5.41) is 0. The first kappa shape index (κ1) is 30.0. The Morgan fingerprint density at radius 1 is 0.529 bits per heavy atom. The summed E-state index contributed by atoms with van der Waals surface area (Å²) in [5.41, 5.74) is 4.02. The van der Waals surface area contributed by atoms with Crippen LogP contribution in [0.4, 0.5) is 0 Å². The first-order valence-electron chi connectivity index (χ1n) is 11.8. The van der Waals surface area contributed by atoms with Gasteiger partial charge in [-0.1, -0.05) is 115 Å². The van der Waals surface area contributed by atoms with Crippen molar-refractivity contribution in [1.82, 2.24) is 0 Å². The standard InChI is InChI=1S/2C14H21BrO.Al.ClH/c2*1-13(2,3)10-7-9(15)8-11(12(10)16)14(4,5)6;;/h2*7-8,16H,1-6H3;;1H/q;;+3;/p-3. The normalized spacial score (nSPS) is 13.1. The molecule has 0 bridgehead atoms. The summed E-state index contributed by atoms with van der Waals surface area (Å²) in [7, 11) is 6.99. The van der Waals surface area contributed by atoms with E-state index in [1.54, 1.807) is 0 Å². The fourth-order valence-electron chi connectivity index (χ4n) is 3.88. The molecule has 34 heavy (non-hydrogen) atoms. The molecule has 0 fully saturated rings. The van der Waals surface area contributed by atoms with Crippen molar-refractivity contribution in [2.24, 2.45) is 0 Å². The molecule has 0 amide bonds. The fourth-order valence-corrected chi connectivity index (χ4v) is 6.26. The van der Waals surface area contributed by atoms with Crippen molar-refractivity contribution in [3.8, 4) is 11.5 Å². The third-order valence-corrected chi connectivity index (χ3v) is 8.05. The molecule has 0 aliphatic carbocycles. The minimum absolute atomic E-state index is 0.116. The van der Waals surface area contributed by atoms with Gasteiger partial charge in [0.2, 0.25) is 0 Å². The Bertz CT molecular complexity index is 885. The van der Waals surface area contributed by atoms with E-state index in [0.717, 1.165) is 42.7 Å². The summed E-state index contributed by atoms with van der Waals surface area (Å²) in [6.07, 6.45) is 0. The highest BCUT2D eigenvalue weighted by Gasteiger charge is 2.39. The molecule has 0 aliphatic heterocycles. The van der Waals surface area contributed by atoms with Crippen LogP contribution in [0.3, 0.4) is 0 Å². The van der Waals surface area contributed by atoms with Gasteiger partial charge in [-0.25, -0.2) is 0 Å². The molecule has 2 nitrogen and oxygen atoms in total. The van der Waals surface area contributed by atoms with Gasteiger partial charge in [-0.2, -0.15) is 10.0 Å². The molecule has 0 atom stereocenters. The highest BCUT2D eigenvalue weighted by molar-refractivity contribution is 9.10. The molecule has 0 saturated heterocycles. The van der Waals surface area contributed by atoms with Crippen molar-refractivity contribution < 1.29 is 7.58 Å². The first-order chi connectivity index (χ1) is 15.1. The molecule has 2 aromatic rings. The zero-order chi connectivity index (χ0) is 26.4. The Morgan fingerprint density at radius 3 is 0.912 bits per heavy atom. The summed E-state index contributed by atoms with van der Waals surface area (Å²) in [6.45, 7) is 26.4.